The van der Waals surface area contributed by atoms with Gasteiger partial charge < -0.3 is 5.32 Å². The summed E-state index contributed by atoms with van der Waals surface area (Å²) in [4.78, 5) is 6.85. The van der Waals surface area contributed by atoms with Gasteiger partial charge in [-0.2, -0.15) is 13.2 Å². The highest BCUT2D eigenvalue weighted by molar-refractivity contribution is 7.99. The minimum absolute atomic E-state index is 0.181. The van der Waals surface area contributed by atoms with Crippen LogP contribution in [0, 0.1) is 0 Å². The summed E-state index contributed by atoms with van der Waals surface area (Å²) in [5, 5.41) is 2.93. The lowest BCUT2D eigenvalue weighted by Crippen LogP contribution is -2.12. The number of rotatable bonds is 4. The lowest BCUT2D eigenvalue weighted by Gasteiger charge is -2.09. The van der Waals surface area contributed by atoms with Crippen molar-refractivity contribution in [3.8, 4) is 0 Å². The van der Waals surface area contributed by atoms with Crippen molar-refractivity contribution in [1.29, 1.82) is 0 Å². The fourth-order valence-corrected chi connectivity index (χ4v) is 1.72. The summed E-state index contributed by atoms with van der Waals surface area (Å²) < 4.78 is 37.3. The predicted molar refractivity (Wildman–Crippen MR) is 57.6 cm³/mol. The zero-order valence-corrected chi connectivity index (χ0v) is 9.74. The Morgan fingerprint density at radius 3 is 2.56 bits per heavy atom. The minimum Gasteiger partial charge on any atom is -0.373 e. The van der Waals surface area contributed by atoms with Gasteiger partial charge in [0.15, 0.2) is 0 Å². The monoisotopic (exact) mass is 251 g/mol. The normalized spacial score (nSPS) is 11.6. The fourth-order valence-electron chi connectivity index (χ4n) is 0.960. The van der Waals surface area contributed by atoms with Crippen LogP contribution in [0.1, 0.15) is 19.2 Å². The Morgan fingerprint density at radius 2 is 2.06 bits per heavy atom. The molecule has 0 amide bonds. The van der Waals surface area contributed by atoms with E-state index in [0.717, 1.165) is 12.2 Å². The first-order chi connectivity index (χ1) is 7.47. The Kier molecular flexibility index (Phi) is 4.40. The van der Waals surface area contributed by atoms with Crippen molar-refractivity contribution in [1.82, 2.24) is 9.97 Å². The highest BCUT2D eigenvalue weighted by Gasteiger charge is 2.35. The molecule has 1 N–H and O–H groups in total. The van der Waals surface area contributed by atoms with Crippen molar-refractivity contribution in [2.75, 3.05) is 18.1 Å². The zero-order chi connectivity index (χ0) is 12.2. The van der Waals surface area contributed by atoms with E-state index in [1.807, 2.05) is 6.92 Å². The van der Waals surface area contributed by atoms with Crippen LogP contribution in [0.25, 0.3) is 0 Å². The van der Waals surface area contributed by atoms with Gasteiger partial charge >= 0.3 is 6.18 Å². The quantitative estimate of drug-likeness (QED) is 0.659. The van der Waals surface area contributed by atoms with Crippen LogP contribution in [0.15, 0.2) is 11.1 Å². The van der Waals surface area contributed by atoms with E-state index in [4.69, 9.17) is 0 Å². The molecular formula is C9H12F3N3S. The molecule has 0 aliphatic heterocycles. The molecule has 0 saturated heterocycles. The number of nitrogens with one attached hydrogen (secondary N) is 1. The Bertz CT molecular complexity index is 354. The Balaban J connectivity index is 3.01. The van der Waals surface area contributed by atoms with Crippen molar-refractivity contribution in [3.05, 3.63) is 11.9 Å². The van der Waals surface area contributed by atoms with E-state index in [1.165, 1.54) is 24.9 Å². The average molecular weight is 251 g/mol. The second-order valence-electron chi connectivity index (χ2n) is 3.01. The number of nitrogens with zero attached hydrogens (tertiary/aromatic N) is 2. The number of alkyl halides is 3. The highest BCUT2D eigenvalue weighted by atomic mass is 32.2. The van der Waals surface area contributed by atoms with Crippen LogP contribution in [-0.2, 0) is 6.18 Å². The summed E-state index contributed by atoms with van der Waals surface area (Å²) in [5.41, 5.74) is 0. The molecule has 1 rings (SSSR count). The van der Waals surface area contributed by atoms with Crippen molar-refractivity contribution < 1.29 is 13.2 Å². The smallest absolute Gasteiger partial charge is 0.373 e. The van der Waals surface area contributed by atoms with E-state index in [9.17, 15) is 13.2 Å². The number of thioether (sulfide) groups is 1. The van der Waals surface area contributed by atoms with Crippen molar-refractivity contribution in [3.63, 3.8) is 0 Å². The molecule has 0 radical (unpaired) electrons. The first kappa shape index (κ1) is 13.1. The van der Waals surface area contributed by atoms with Crippen LogP contribution in [0.2, 0.25) is 0 Å². The topological polar surface area (TPSA) is 37.8 Å². The van der Waals surface area contributed by atoms with E-state index in [0.29, 0.717) is 5.03 Å². The second-order valence-corrected chi connectivity index (χ2v) is 4.13. The molecule has 16 heavy (non-hydrogen) atoms. The molecule has 0 aliphatic rings. The van der Waals surface area contributed by atoms with Crippen molar-refractivity contribution in [2.45, 2.75) is 24.5 Å². The fraction of sp³-hybridized carbons (Fsp3) is 0.556. The van der Waals surface area contributed by atoms with Crippen LogP contribution in [0.4, 0.5) is 19.0 Å². The summed E-state index contributed by atoms with van der Waals surface area (Å²) in [6, 6.07) is 1.51. The van der Waals surface area contributed by atoms with Crippen LogP contribution in [-0.4, -0.2) is 22.8 Å². The largest absolute Gasteiger partial charge is 0.451 e. The van der Waals surface area contributed by atoms with Crippen molar-refractivity contribution in [2.24, 2.45) is 0 Å². The SMILES string of the molecule is CCCSc1cc(NC)nc(C(F)(F)F)n1. The molecule has 0 aliphatic carbocycles. The van der Waals surface area contributed by atoms with Gasteiger partial charge in [-0.3, -0.25) is 0 Å². The number of halogens is 3. The van der Waals surface area contributed by atoms with E-state index >= 15 is 0 Å². The third-order valence-electron chi connectivity index (χ3n) is 1.67. The van der Waals surface area contributed by atoms with Gasteiger partial charge in [-0.15, -0.1) is 11.8 Å². The number of anilines is 1. The molecule has 0 spiro atoms. The Labute approximate surface area is 95.9 Å². The molecular weight excluding hydrogens is 239 g/mol. The number of aromatic nitrogens is 2. The molecule has 1 aromatic rings. The molecule has 1 heterocycles. The van der Waals surface area contributed by atoms with Gasteiger partial charge in [-0.1, -0.05) is 6.92 Å². The lowest BCUT2D eigenvalue weighted by molar-refractivity contribution is -0.145. The molecule has 0 atom stereocenters. The summed E-state index contributed by atoms with van der Waals surface area (Å²) in [6.07, 6.45) is -3.63. The standard InChI is InChI=1S/C9H12F3N3S/c1-3-4-16-7-5-6(13-2)14-8(15-7)9(10,11)12/h5H,3-4H2,1-2H3,(H,13,14,15). The van der Waals surface area contributed by atoms with E-state index < -0.39 is 12.0 Å². The molecule has 3 nitrogen and oxygen atoms in total. The molecule has 1 aromatic heterocycles. The van der Waals surface area contributed by atoms with Crippen LogP contribution < -0.4 is 5.32 Å². The number of hydrogen-bond acceptors (Lipinski definition) is 4. The average Bonchev–Trinajstić information content (AvgIpc) is 2.24. The molecule has 0 unspecified atom stereocenters. The zero-order valence-electron chi connectivity index (χ0n) is 8.93. The lowest BCUT2D eigenvalue weighted by atomic mass is 10.5. The molecule has 7 heteroatoms. The van der Waals surface area contributed by atoms with Crippen LogP contribution in [0.5, 0.6) is 0 Å². The summed E-state index contributed by atoms with van der Waals surface area (Å²) in [5.74, 6) is -0.184. The Morgan fingerprint density at radius 1 is 1.38 bits per heavy atom. The summed E-state index contributed by atoms with van der Waals surface area (Å²) >= 11 is 1.29. The van der Waals surface area contributed by atoms with E-state index in [2.05, 4.69) is 15.3 Å². The molecule has 90 valence electrons. The maximum Gasteiger partial charge on any atom is 0.451 e. The highest BCUT2D eigenvalue weighted by Crippen LogP contribution is 2.29. The van der Waals surface area contributed by atoms with E-state index in [1.54, 1.807) is 0 Å². The van der Waals surface area contributed by atoms with Gasteiger partial charge in [0.1, 0.15) is 10.8 Å². The van der Waals surface area contributed by atoms with Gasteiger partial charge in [0.25, 0.3) is 0 Å². The maximum absolute atomic E-state index is 12.4. The molecule has 0 saturated carbocycles. The first-order valence-electron chi connectivity index (χ1n) is 4.74. The number of hydrogen-bond donors (Lipinski definition) is 1. The van der Waals surface area contributed by atoms with Gasteiger partial charge in [-0.25, -0.2) is 9.97 Å². The third-order valence-corrected chi connectivity index (χ3v) is 2.78. The maximum atomic E-state index is 12.4. The van der Waals surface area contributed by atoms with Gasteiger partial charge in [-0.05, 0) is 12.2 Å². The van der Waals surface area contributed by atoms with Gasteiger partial charge in [0.05, 0.1) is 0 Å². The van der Waals surface area contributed by atoms with Crippen molar-refractivity contribution >= 4 is 17.6 Å². The summed E-state index contributed by atoms with van der Waals surface area (Å²) in [7, 11) is 1.52. The Hall–Kier alpha value is -0.980. The van der Waals surface area contributed by atoms with Gasteiger partial charge in [0.2, 0.25) is 5.82 Å². The van der Waals surface area contributed by atoms with Crippen LogP contribution in [0.3, 0.4) is 0 Å². The van der Waals surface area contributed by atoms with Crippen LogP contribution >= 0.6 is 11.8 Å². The predicted octanol–water partition coefficient (Wildman–Crippen LogP) is 3.04. The summed E-state index contributed by atoms with van der Waals surface area (Å²) in [6.45, 7) is 1.96. The van der Waals surface area contributed by atoms with E-state index in [-0.39, 0.29) is 5.82 Å². The molecule has 0 aromatic carbocycles. The molecule has 0 fully saturated rings. The third kappa shape index (κ3) is 3.55. The molecule has 0 bridgehead atoms. The minimum atomic E-state index is -4.51. The van der Waals surface area contributed by atoms with Gasteiger partial charge in [0, 0.05) is 13.1 Å². The first-order valence-corrected chi connectivity index (χ1v) is 5.72. The second kappa shape index (κ2) is 5.38.